The van der Waals surface area contributed by atoms with Crippen molar-refractivity contribution in [3.05, 3.63) is 42.0 Å². The molecule has 7 heteroatoms. The SMILES string of the molecule is CCCCCCCCCCCCCCCCCCCCc1ccc2ccccc2c1OOP(=O)(O)OCCOCC. The van der Waals surface area contributed by atoms with Crippen molar-refractivity contribution in [1.82, 2.24) is 0 Å². The van der Waals surface area contributed by atoms with Crippen molar-refractivity contribution >= 4 is 18.6 Å². The maximum absolute atomic E-state index is 12.3. The van der Waals surface area contributed by atoms with Crippen LogP contribution in [0.1, 0.15) is 135 Å². The van der Waals surface area contributed by atoms with Crippen LogP contribution in [0.3, 0.4) is 0 Å². The molecule has 0 bridgehead atoms. The van der Waals surface area contributed by atoms with Crippen LogP contribution in [0.2, 0.25) is 0 Å². The van der Waals surface area contributed by atoms with E-state index < -0.39 is 7.82 Å². The molecule has 41 heavy (non-hydrogen) atoms. The number of hydrogen-bond donors (Lipinski definition) is 1. The number of benzene rings is 2. The largest absolute Gasteiger partial charge is 0.508 e. The lowest BCUT2D eigenvalue weighted by Gasteiger charge is -2.15. The van der Waals surface area contributed by atoms with Gasteiger partial charge < -0.3 is 14.5 Å². The highest BCUT2D eigenvalue weighted by Gasteiger charge is 2.25. The van der Waals surface area contributed by atoms with E-state index >= 15 is 0 Å². The van der Waals surface area contributed by atoms with Crippen molar-refractivity contribution in [1.29, 1.82) is 0 Å². The Morgan fingerprint density at radius 3 is 1.76 bits per heavy atom. The monoisotopic (exact) mass is 592 g/mol. The standard InChI is InChI=1S/C34H57O6P/c1-3-5-6-7-8-9-10-11-12-13-14-15-16-17-18-19-20-21-25-32-28-27-31-24-22-23-26-33(31)34(32)39-40-41(35,36)38-30-29-37-4-2/h22-24,26-28H,3-21,25,29-30H2,1-2H3,(H,35,36). The van der Waals surface area contributed by atoms with Gasteiger partial charge in [-0.2, -0.15) is 0 Å². The summed E-state index contributed by atoms with van der Waals surface area (Å²) in [5.74, 6) is 0.484. The van der Waals surface area contributed by atoms with Gasteiger partial charge in [-0.3, -0.25) is 4.52 Å². The third-order valence-corrected chi connectivity index (χ3v) is 8.43. The molecule has 1 N–H and O–H groups in total. The molecule has 2 rings (SSSR count). The molecule has 0 spiro atoms. The van der Waals surface area contributed by atoms with Gasteiger partial charge in [-0.1, -0.05) is 157 Å². The summed E-state index contributed by atoms with van der Waals surface area (Å²) in [6, 6.07) is 11.9. The highest BCUT2D eigenvalue weighted by molar-refractivity contribution is 7.47. The van der Waals surface area contributed by atoms with Gasteiger partial charge in [0.25, 0.3) is 0 Å². The first kappa shape index (κ1) is 35.8. The van der Waals surface area contributed by atoms with Gasteiger partial charge >= 0.3 is 7.82 Å². The number of phosphoric acid groups is 1. The molecule has 0 saturated heterocycles. The lowest BCUT2D eigenvalue weighted by molar-refractivity contribution is -0.128. The van der Waals surface area contributed by atoms with Crippen LogP contribution in [-0.2, 0) is 24.9 Å². The Balaban J connectivity index is 1.59. The van der Waals surface area contributed by atoms with Gasteiger partial charge in [0.2, 0.25) is 0 Å². The molecule has 0 aliphatic heterocycles. The van der Waals surface area contributed by atoms with E-state index in [1.807, 2.05) is 37.3 Å². The number of ether oxygens (including phenoxy) is 1. The lowest BCUT2D eigenvalue weighted by atomic mass is 10.00. The number of unbranched alkanes of at least 4 members (excludes halogenated alkanes) is 17. The second kappa shape index (κ2) is 23.1. The third-order valence-electron chi connectivity index (χ3n) is 7.66. The molecular formula is C34H57O6P. The second-order valence-electron chi connectivity index (χ2n) is 11.2. The van der Waals surface area contributed by atoms with Gasteiger partial charge in [-0.25, -0.2) is 4.57 Å². The summed E-state index contributed by atoms with van der Waals surface area (Å²) in [6.07, 6.45) is 25.1. The average molecular weight is 593 g/mol. The predicted octanol–water partition coefficient (Wildman–Crippen LogP) is 10.9. The zero-order valence-electron chi connectivity index (χ0n) is 26.0. The minimum Gasteiger partial charge on any atom is -0.379 e. The van der Waals surface area contributed by atoms with Crippen LogP contribution in [0.25, 0.3) is 10.8 Å². The summed E-state index contributed by atoms with van der Waals surface area (Å²) in [4.78, 5) is 15.5. The fourth-order valence-corrected chi connectivity index (χ4v) is 5.78. The summed E-state index contributed by atoms with van der Waals surface area (Å²) in [5.41, 5.74) is 0.967. The summed E-state index contributed by atoms with van der Waals surface area (Å²) in [5, 5.41) is 1.83. The smallest absolute Gasteiger partial charge is 0.379 e. The quantitative estimate of drug-likeness (QED) is 0.0481. The van der Waals surface area contributed by atoms with E-state index in [4.69, 9.17) is 18.8 Å². The van der Waals surface area contributed by atoms with Gasteiger partial charge in [0.1, 0.15) is 0 Å². The first-order valence-electron chi connectivity index (χ1n) is 16.5. The molecule has 1 atom stereocenters. The molecule has 0 fully saturated rings. The van der Waals surface area contributed by atoms with Crippen LogP contribution < -0.4 is 4.89 Å². The van der Waals surface area contributed by atoms with E-state index in [0.29, 0.717) is 12.4 Å². The van der Waals surface area contributed by atoms with Gasteiger partial charge in [0.05, 0.1) is 13.2 Å². The first-order valence-corrected chi connectivity index (χ1v) is 18.0. The van der Waals surface area contributed by atoms with Crippen molar-refractivity contribution in [3.63, 3.8) is 0 Å². The normalized spacial score (nSPS) is 13.0. The number of rotatable bonds is 27. The van der Waals surface area contributed by atoms with Crippen LogP contribution in [0.5, 0.6) is 5.75 Å². The van der Waals surface area contributed by atoms with Crippen molar-refractivity contribution in [2.45, 2.75) is 136 Å². The van der Waals surface area contributed by atoms with E-state index in [0.717, 1.165) is 35.6 Å². The molecule has 0 heterocycles. The van der Waals surface area contributed by atoms with Crippen molar-refractivity contribution in [2.75, 3.05) is 19.8 Å². The van der Waals surface area contributed by atoms with Gasteiger partial charge in [-0.05, 0) is 30.7 Å². The molecule has 0 aromatic heterocycles. The number of aryl methyl sites for hydroxylation is 1. The molecule has 0 radical (unpaired) electrons. The topological polar surface area (TPSA) is 74.2 Å². The maximum atomic E-state index is 12.3. The van der Waals surface area contributed by atoms with E-state index in [9.17, 15) is 9.46 Å². The summed E-state index contributed by atoms with van der Waals surface area (Å²) >= 11 is 0. The molecule has 0 amide bonds. The Morgan fingerprint density at radius 1 is 0.659 bits per heavy atom. The van der Waals surface area contributed by atoms with E-state index in [1.165, 1.54) is 103 Å². The van der Waals surface area contributed by atoms with E-state index in [-0.39, 0.29) is 13.2 Å². The van der Waals surface area contributed by atoms with Crippen LogP contribution >= 0.6 is 7.82 Å². The van der Waals surface area contributed by atoms with Gasteiger partial charge in [-0.15, -0.1) is 0 Å². The molecule has 2 aromatic rings. The van der Waals surface area contributed by atoms with Gasteiger partial charge in [0, 0.05) is 12.0 Å². The molecule has 0 aliphatic rings. The lowest BCUT2D eigenvalue weighted by Crippen LogP contribution is -2.06. The van der Waals surface area contributed by atoms with Crippen molar-refractivity contribution in [3.8, 4) is 5.75 Å². The first-order chi connectivity index (χ1) is 20.1. The summed E-state index contributed by atoms with van der Waals surface area (Å²) in [6.45, 7) is 4.80. The molecule has 6 nitrogen and oxygen atoms in total. The highest BCUT2D eigenvalue weighted by atomic mass is 31.2. The Labute approximate surface area is 250 Å². The molecular weight excluding hydrogens is 535 g/mol. The van der Waals surface area contributed by atoms with Crippen LogP contribution in [0, 0.1) is 0 Å². The Kier molecular flexibility index (Phi) is 20.1. The molecule has 0 aliphatic carbocycles. The second-order valence-corrected chi connectivity index (χ2v) is 12.5. The van der Waals surface area contributed by atoms with Crippen LogP contribution in [0.4, 0.5) is 0 Å². The Morgan fingerprint density at radius 2 is 1.20 bits per heavy atom. The minimum atomic E-state index is -4.36. The third kappa shape index (κ3) is 16.7. The van der Waals surface area contributed by atoms with Crippen LogP contribution in [-0.4, -0.2) is 24.7 Å². The molecule has 0 saturated carbocycles. The predicted molar refractivity (Wildman–Crippen MR) is 170 cm³/mol. The average Bonchev–Trinajstić information content (AvgIpc) is 2.98. The molecule has 1 unspecified atom stereocenters. The number of fused-ring (bicyclic) bond motifs is 1. The van der Waals surface area contributed by atoms with E-state index in [2.05, 4.69) is 13.0 Å². The number of hydrogen-bond acceptors (Lipinski definition) is 5. The summed E-state index contributed by atoms with van der Waals surface area (Å²) < 4.78 is 27.3. The van der Waals surface area contributed by atoms with Crippen molar-refractivity contribution < 1.29 is 28.3 Å². The molecule has 2 aromatic carbocycles. The van der Waals surface area contributed by atoms with Gasteiger partial charge in [0.15, 0.2) is 5.75 Å². The van der Waals surface area contributed by atoms with E-state index in [1.54, 1.807) is 0 Å². The highest BCUT2D eigenvalue weighted by Crippen LogP contribution is 2.45. The Bertz CT molecular complexity index is 965. The maximum Gasteiger partial charge on any atom is 0.508 e. The fourth-order valence-electron chi connectivity index (χ4n) is 5.26. The minimum absolute atomic E-state index is 0.0489. The Hall–Kier alpha value is -1.43. The fraction of sp³-hybridized carbons (Fsp3) is 0.706. The zero-order valence-corrected chi connectivity index (χ0v) is 26.9. The molecule has 234 valence electrons. The number of phosphoric ester groups is 1. The summed E-state index contributed by atoms with van der Waals surface area (Å²) in [7, 11) is -4.36. The van der Waals surface area contributed by atoms with Crippen molar-refractivity contribution in [2.24, 2.45) is 0 Å². The van der Waals surface area contributed by atoms with Crippen LogP contribution in [0.15, 0.2) is 36.4 Å². The zero-order chi connectivity index (χ0) is 29.4.